The molecule has 0 bridgehead atoms. The third kappa shape index (κ3) is 3.86. The number of hydrogen-bond acceptors (Lipinski definition) is 4. The fourth-order valence-electron chi connectivity index (χ4n) is 3.35. The van der Waals surface area contributed by atoms with Gasteiger partial charge in [0.05, 0.1) is 22.9 Å². The molecule has 1 aliphatic heterocycles. The van der Waals surface area contributed by atoms with E-state index in [1.54, 1.807) is 4.90 Å². The second-order valence-electron chi connectivity index (χ2n) is 6.98. The van der Waals surface area contributed by atoms with E-state index < -0.39 is 0 Å². The molecule has 0 radical (unpaired) electrons. The highest BCUT2D eigenvalue weighted by Crippen LogP contribution is 2.34. The van der Waals surface area contributed by atoms with Crippen molar-refractivity contribution in [3.63, 3.8) is 0 Å². The van der Waals surface area contributed by atoms with Gasteiger partial charge in [0.1, 0.15) is 0 Å². The molecule has 1 aromatic heterocycles. The summed E-state index contributed by atoms with van der Waals surface area (Å²) in [5.41, 5.74) is 3.70. The van der Waals surface area contributed by atoms with Crippen molar-refractivity contribution in [2.75, 3.05) is 18.1 Å². The average molecular weight is 401 g/mol. The Labute approximate surface area is 167 Å². The number of aromatic nitrogens is 1. The van der Waals surface area contributed by atoms with Crippen molar-refractivity contribution >= 4 is 44.2 Å². The van der Waals surface area contributed by atoms with Crippen molar-refractivity contribution in [2.45, 2.75) is 32.8 Å². The van der Waals surface area contributed by atoms with Crippen LogP contribution < -0.4 is 4.90 Å². The molecule has 0 saturated carbocycles. The van der Waals surface area contributed by atoms with Crippen LogP contribution in [0.4, 0.5) is 5.13 Å². The summed E-state index contributed by atoms with van der Waals surface area (Å²) in [6.45, 7) is 5.27. The first-order chi connectivity index (χ1) is 13.0. The summed E-state index contributed by atoms with van der Waals surface area (Å²) in [4.78, 5) is 19.8. The van der Waals surface area contributed by atoms with Gasteiger partial charge in [0.2, 0.25) is 0 Å². The molecule has 2 heterocycles. The number of halogens is 1. The van der Waals surface area contributed by atoms with Crippen LogP contribution in [-0.4, -0.2) is 30.1 Å². The van der Waals surface area contributed by atoms with Crippen LogP contribution in [0.1, 0.15) is 34.3 Å². The molecule has 1 aliphatic rings. The molecule has 27 heavy (non-hydrogen) atoms. The lowest BCUT2D eigenvalue weighted by Crippen LogP contribution is -2.37. The molecule has 4 nitrogen and oxygen atoms in total. The smallest absolute Gasteiger partial charge is 0.260 e. The Hall–Kier alpha value is -1.95. The predicted octanol–water partition coefficient (Wildman–Crippen LogP) is 5.39. The largest absolute Gasteiger partial charge is 0.376 e. The van der Waals surface area contributed by atoms with Gasteiger partial charge in [-0.05, 0) is 56.5 Å². The number of anilines is 1. The molecule has 1 fully saturated rings. The van der Waals surface area contributed by atoms with E-state index in [4.69, 9.17) is 21.3 Å². The molecule has 0 spiro atoms. The molecule has 1 unspecified atom stereocenters. The van der Waals surface area contributed by atoms with Gasteiger partial charge in [0.25, 0.3) is 5.91 Å². The van der Waals surface area contributed by atoms with Crippen LogP contribution in [0.15, 0.2) is 36.4 Å². The van der Waals surface area contributed by atoms with Crippen molar-refractivity contribution in [3.05, 3.63) is 58.1 Å². The van der Waals surface area contributed by atoms with E-state index in [9.17, 15) is 4.79 Å². The molecule has 0 N–H and O–H groups in total. The summed E-state index contributed by atoms with van der Waals surface area (Å²) in [5.74, 6) is -0.0479. The maximum absolute atomic E-state index is 13.3. The minimum absolute atomic E-state index is 0.0479. The number of fused-ring (bicyclic) bond motifs is 1. The Kier molecular flexibility index (Phi) is 5.17. The van der Waals surface area contributed by atoms with Crippen molar-refractivity contribution in [1.82, 2.24) is 4.98 Å². The fraction of sp³-hybridized carbons (Fsp3) is 0.333. The van der Waals surface area contributed by atoms with Gasteiger partial charge >= 0.3 is 0 Å². The van der Waals surface area contributed by atoms with E-state index in [1.165, 1.54) is 11.3 Å². The summed E-state index contributed by atoms with van der Waals surface area (Å²) in [7, 11) is 0. The first kappa shape index (κ1) is 18.4. The normalized spacial score (nSPS) is 16.8. The van der Waals surface area contributed by atoms with Gasteiger partial charge in [-0.25, -0.2) is 4.98 Å². The monoisotopic (exact) mass is 400 g/mol. The highest BCUT2D eigenvalue weighted by molar-refractivity contribution is 7.22. The van der Waals surface area contributed by atoms with Gasteiger partial charge in [-0.15, -0.1) is 0 Å². The third-order valence-corrected chi connectivity index (χ3v) is 6.07. The maximum Gasteiger partial charge on any atom is 0.260 e. The fourth-order valence-corrected chi connectivity index (χ4v) is 4.78. The molecular formula is C21H21ClN2O2S. The van der Waals surface area contributed by atoms with E-state index in [0.29, 0.717) is 22.3 Å². The number of benzene rings is 2. The van der Waals surface area contributed by atoms with Gasteiger partial charge in [-0.2, -0.15) is 0 Å². The van der Waals surface area contributed by atoms with Crippen LogP contribution in [0.5, 0.6) is 0 Å². The number of nitrogens with zero attached hydrogens (tertiary/aromatic N) is 2. The Morgan fingerprint density at radius 3 is 2.78 bits per heavy atom. The zero-order valence-electron chi connectivity index (χ0n) is 15.4. The zero-order chi connectivity index (χ0) is 19.0. The zero-order valence-corrected chi connectivity index (χ0v) is 16.9. The average Bonchev–Trinajstić information content (AvgIpc) is 3.29. The number of carbonyl (C=O) groups excluding carboxylic acids is 1. The molecule has 1 atom stereocenters. The lowest BCUT2D eigenvalue weighted by atomic mass is 10.1. The highest BCUT2D eigenvalue weighted by Gasteiger charge is 2.27. The van der Waals surface area contributed by atoms with E-state index in [0.717, 1.165) is 40.8 Å². The van der Waals surface area contributed by atoms with E-state index in [1.807, 2.05) is 50.2 Å². The lowest BCUT2D eigenvalue weighted by molar-refractivity contribution is 0.0917. The molecule has 6 heteroatoms. The molecule has 4 rings (SSSR count). The van der Waals surface area contributed by atoms with Crippen molar-refractivity contribution in [2.24, 2.45) is 0 Å². The number of hydrogen-bond donors (Lipinski definition) is 0. The molecular weight excluding hydrogens is 380 g/mol. The Morgan fingerprint density at radius 1 is 1.30 bits per heavy atom. The van der Waals surface area contributed by atoms with Gasteiger partial charge in [-0.1, -0.05) is 40.6 Å². The number of aryl methyl sites for hydroxylation is 2. The number of rotatable bonds is 4. The minimum atomic E-state index is -0.0479. The predicted molar refractivity (Wildman–Crippen MR) is 111 cm³/mol. The van der Waals surface area contributed by atoms with Gasteiger partial charge in [-0.3, -0.25) is 9.69 Å². The first-order valence-electron chi connectivity index (χ1n) is 9.08. The topological polar surface area (TPSA) is 42.4 Å². The number of amides is 1. The van der Waals surface area contributed by atoms with Gasteiger partial charge < -0.3 is 4.74 Å². The van der Waals surface area contributed by atoms with Crippen LogP contribution >= 0.6 is 22.9 Å². The van der Waals surface area contributed by atoms with Crippen LogP contribution in [0, 0.1) is 13.8 Å². The van der Waals surface area contributed by atoms with Crippen LogP contribution in [0.3, 0.4) is 0 Å². The second-order valence-corrected chi connectivity index (χ2v) is 8.43. The van der Waals surface area contributed by atoms with Crippen molar-refractivity contribution in [3.8, 4) is 0 Å². The second kappa shape index (κ2) is 7.58. The quantitative estimate of drug-likeness (QED) is 0.589. The maximum atomic E-state index is 13.3. The summed E-state index contributed by atoms with van der Waals surface area (Å²) in [6.07, 6.45) is 2.05. The molecule has 2 aromatic carbocycles. The summed E-state index contributed by atoms with van der Waals surface area (Å²) in [5, 5.41) is 1.38. The summed E-state index contributed by atoms with van der Waals surface area (Å²) in [6, 6.07) is 11.5. The number of carbonyl (C=O) groups is 1. The summed E-state index contributed by atoms with van der Waals surface area (Å²) >= 11 is 7.70. The molecule has 0 aliphatic carbocycles. The van der Waals surface area contributed by atoms with E-state index in [2.05, 4.69) is 0 Å². The number of ether oxygens (including phenoxy) is 1. The van der Waals surface area contributed by atoms with Crippen molar-refractivity contribution < 1.29 is 9.53 Å². The minimum Gasteiger partial charge on any atom is -0.376 e. The van der Waals surface area contributed by atoms with E-state index >= 15 is 0 Å². The third-order valence-electron chi connectivity index (χ3n) is 4.82. The molecule has 1 amide bonds. The Balaban J connectivity index is 1.74. The summed E-state index contributed by atoms with van der Waals surface area (Å²) < 4.78 is 6.78. The Bertz CT molecular complexity index is 978. The highest BCUT2D eigenvalue weighted by atomic mass is 35.5. The van der Waals surface area contributed by atoms with Crippen LogP contribution in [0.2, 0.25) is 5.02 Å². The molecule has 140 valence electrons. The lowest BCUT2D eigenvalue weighted by Gasteiger charge is -2.23. The standard InChI is InChI=1S/C21H21ClN2O2S/c1-13-5-7-15(8-6-13)20(25)24(12-17-4-3-9-26-17)21-23-19-14(2)10-16(22)11-18(19)27-21/h5-8,10-11,17H,3-4,9,12H2,1-2H3. The van der Waals surface area contributed by atoms with E-state index in [-0.39, 0.29) is 12.0 Å². The van der Waals surface area contributed by atoms with Crippen LogP contribution in [-0.2, 0) is 4.74 Å². The molecule has 1 saturated heterocycles. The molecule has 3 aromatic rings. The van der Waals surface area contributed by atoms with Crippen LogP contribution in [0.25, 0.3) is 10.2 Å². The Morgan fingerprint density at radius 2 is 2.07 bits per heavy atom. The number of thiazole rings is 1. The van der Waals surface area contributed by atoms with Gasteiger partial charge in [0.15, 0.2) is 5.13 Å². The van der Waals surface area contributed by atoms with Gasteiger partial charge in [0, 0.05) is 17.2 Å². The SMILES string of the molecule is Cc1ccc(C(=O)N(CC2CCCO2)c2nc3c(C)cc(Cl)cc3s2)cc1. The van der Waals surface area contributed by atoms with Crippen molar-refractivity contribution in [1.29, 1.82) is 0 Å². The first-order valence-corrected chi connectivity index (χ1v) is 10.3.